The predicted octanol–water partition coefficient (Wildman–Crippen LogP) is 4.64. The number of nitrogens with zero attached hydrogens (tertiary/aromatic N) is 2. The van der Waals surface area contributed by atoms with Gasteiger partial charge in [-0.3, -0.25) is 4.79 Å². The molecule has 0 saturated carbocycles. The number of rotatable bonds is 8. The molecule has 0 aliphatic rings. The largest absolute Gasteiger partial charge is 0.361 e. The summed E-state index contributed by atoms with van der Waals surface area (Å²) in [6.07, 6.45) is 2.40. The highest BCUT2D eigenvalue weighted by Crippen LogP contribution is 2.17. The van der Waals surface area contributed by atoms with Gasteiger partial charge in [0.15, 0.2) is 0 Å². The monoisotopic (exact) mass is 364 g/mol. The van der Waals surface area contributed by atoms with Crippen molar-refractivity contribution in [1.82, 2.24) is 9.55 Å². The van der Waals surface area contributed by atoms with Crippen LogP contribution in [0.5, 0.6) is 0 Å². The summed E-state index contributed by atoms with van der Waals surface area (Å²) < 4.78 is 7.59. The number of halogens is 1. The molecule has 0 aliphatic carbocycles. The SMILES string of the molecule is CCc1ncn(COCC[Si](C)(C)C)c1C(=O)c1ccc(Cl)cc1. The molecule has 0 N–H and O–H groups in total. The van der Waals surface area contributed by atoms with E-state index in [1.165, 1.54) is 0 Å². The molecule has 0 bridgehead atoms. The molecular formula is C18H25ClN2O2Si. The first-order valence-electron chi connectivity index (χ1n) is 8.24. The van der Waals surface area contributed by atoms with E-state index in [1.54, 1.807) is 35.2 Å². The Balaban J connectivity index is 2.14. The number of hydrogen-bond acceptors (Lipinski definition) is 3. The van der Waals surface area contributed by atoms with Gasteiger partial charge in [-0.05, 0) is 36.7 Å². The van der Waals surface area contributed by atoms with Crippen LogP contribution in [0.15, 0.2) is 30.6 Å². The zero-order valence-corrected chi connectivity index (χ0v) is 16.6. The molecule has 0 saturated heterocycles. The molecule has 0 fully saturated rings. The Kier molecular flexibility index (Phi) is 6.38. The van der Waals surface area contributed by atoms with E-state index >= 15 is 0 Å². The van der Waals surface area contributed by atoms with Crippen LogP contribution in [0.3, 0.4) is 0 Å². The first-order valence-corrected chi connectivity index (χ1v) is 12.3. The number of hydrogen-bond donors (Lipinski definition) is 0. The third-order valence-corrected chi connectivity index (χ3v) is 5.75. The number of aryl methyl sites for hydroxylation is 1. The van der Waals surface area contributed by atoms with Crippen LogP contribution in [-0.2, 0) is 17.9 Å². The summed E-state index contributed by atoms with van der Waals surface area (Å²) in [6, 6.07) is 8.04. The number of benzene rings is 1. The van der Waals surface area contributed by atoms with Crippen LogP contribution in [0.25, 0.3) is 0 Å². The lowest BCUT2D eigenvalue weighted by Crippen LogP contribution is -2.22. The highest BCUT2D eigenvalue weighted by Gasteiger charge is 2.19. The Bertz CT molecular complexity index is 690. The Hall–Kier alpha value is -1.43. The van der Waals surface area contributed by atoms with Crippen molar-refractivity contribution < 1.29 is 9.53 Å². The zero-order valence-electron chi connectivity index (χ0n) is 14.8. The molecule has 1 heterocycles. The minimum Gasteiger partial charge on any atom is -0.361 e. The molecule has 130 valence electrons. The van der Waals surface area contributed by atoms with Gasteiger partial charge in [-0.2, -0.15) is 0 Å². The van der Waals surface area contributed by atoms with Crippen LogP contribution in [0.2, 0.25) is 30.7 Å². The molecule has 0 radical (unpaired) electrons. The fourth-order valence-electron chi connectivity index (χ4n) is 2.32. The van der Waals surface area contributed by atoms with Crippen molar-refractivity contribution in [3.8, 4) is 0 Å². The van der Waals surface area contributed by atoms with Crippen molar-refractivity contribution in [1.29, 1.82) is 0 Å². The molecule has 0 atom stereocenters. The molecule has 6 heteroatoms. The average molecular weight is 365 g/mol. The number of carbonyl (C=O) groups is 1. The van der Waals surface area contributed by atoms with Crippen LogP contribution in [0, 0.1) is 0 Å². The van der Waals surface area contributed by atoms with Gasteiger partial charge in [0, 0.05) is 25.3 Å². The number of aromatic nitrogens is 2. The number of ketones is 1. The van der Waals surface area contributed by atoms with Crippen LogP contribution in [0.4, 0.5) is 0 Å². The van der Waals surface area contributed by atoms with Crippen LogP contribution in [0.1, 0.15) is 28.7 Å². The normalized spacial score (nSPS) is 11.7. The molecule has 0 unspecified atom stereocenters. The first kappa shape index (κ1) is 18.9. The molecule has 1 aromatic carbocycles. The second kappa shape index (κ2) is 8.10. The minimum absolute atomic E-state index is 0.0465. The van der Waals surface area contributed by atoms with Gasteiger partial charge in [0.1, 0.15) is 12.4 Å². The maximum absolute atomic E-state index is 12.9. The quantitative estimate of drug-likeness (QED) is 0.389. The number of imidazole rings is 1. The lowest BCUT2D eigenvalue weighted by Gasteiger charge is -2.16. The summed E-state index contributed by atoms with van der Waals surface area (Å²) in [6.45, 7) is 10.0. The molecular weight excluding hydrogens is 340 g/mol. The Labute approximate surface area is 149 Å². The van der Waals surface area contributed by atoms with Crippen molar-refractivity contribution in [2.24, 2.45) is 0 Å². The van der Waals surface area contributed by atoms with E-state index in [9.17, 15) is 4.79 Å². The summed E-state index contributed by atoms with van der Waals surface area (Å²) in [7, 11) is -1.12. The van der Waals surface area contributed by atoms with Gasteiger partial charge in [0.2, 0.25) is 5.78 Å². The van der Waals surface area contributed by atoms with Crippen molar-refractivity contribution in [3.63, 3.8) is 0 Å². The highest BCUT2D eigenvalue weighted by molar-refractivity contribution is 6.76. The minimum atomic E-state index is -1.12. The van der Waals surface area contributed by atoms with Gasteiger partial charge in [-0.25, -0.2) is 4.98 Å². The highest BCUT2D eigenvalue weighted by atomic mass is 35.5. The smallest absolute Gasteiger partial charge is 0.211 e. The van der Waals surface area contributed by atoms with E-state index in [2.05, 4.69) is 24.6 Å². The fraction of sp³-hybridized carbons (Fsp3) is 0.444. The van der Waals surface area contributed by atoms with Crippen molar-refractivity contribution >= 4 is 25.5 Å². The van der Waals surface area contributed by atoms with Crippen molar-refractivity contribution in [2.45, 2.75) is 45.8 Å². The lowest BCUT2D eigenvalue weighted by molar-refractivity contribution is 0.0816. The van der Waals surface area contributed by atoms with Crippen LogP contribution in [-0.4, -0.2) is 30.0 Å². The van der Waals surface area contributed by atoms with E-state index in [0.717, 1.165) is 11.7 Å². The summed E-state index contributed by atoms with van der Waals surface area (Å²) in [5.74, 6) is -0.0465. The van der Waals surface area contributed by atoms with Gasteiger partial charge < -0.3 is 9.30 Å². The van der Waals surface area contributed by atoms with Crippen molar-refractivity contribution in [3.05, 3.63) is 52.6 Å². The first-order chi connectivity index (χ1) is 11.3. The van der Waals surface area contributed by atoms with Gasteiger partial charge >= 0.3 is 0 Å². The Morgan fingerprint density at radius 2 is 1.92 bits per heavy atom. The third kappa shape index (κ3) is 5.03. The number of carbonyl (C=O) groups excluding carboxylic acids is 1. The summed E-state index contributed by atoms with van der Waals surface area (Å²) in [5, 5.41) is 0.616. The maximum atomic E-state index is 12.9. The Morgan fingerprint density at radius 3 is 2.50 bits per heavy atom. The van der Waals surface area contributed by atoms with E-state index in [1.807, 2.05) is 6.92 Å². The fourth-order valence-corrected chi connectivity index (χ4v) is 3.20. The van der Waals surface area contributed by atoms with Gasteiger partial charge in [-0.15, -0.1) is 0 Å². The second-order valence-corrected chi connectivity index (χ2v) is 13.1. The number of ether oxygens (including phenoxy) is 1. The predicted molar refractivity (Wildman–Crippen MR) is 101 cm³/mol. The summed E-state index contributed by atoms with van der Waals surface area (Å²) >= 11 is 5.91. The maximum Gasteiger partial charge on any atom is 0.211 e. The van der Waals surface area contributed by atoms with E-state index in [4.69, 9.17) is 16.3 Å². The van der Waals surface area contributed by atoms with Gasteiger partial charge in [0.05, 0.1) is 12.0 Å². The molecule has 4 nitrogen and oxygen atoms in total. The molecule has 1 aromatic heterocycles. The molecule has 0 aliphatic heterocycles. The summed E-state index contributed by atoms with van der Waals surface area (Å²) in [4.78, 5) is 17.2. The molecule has 24 heavy (non-hydrogen) atoms. The van der Waals surface area contributed by atoms with Gasteiger partial charge in [-0.1, -0.05) is 38.2 Å². The Morgan fingerprint density at radius 1 is 1.25 bits per heavy atom. The molecule has 2 aromatic rings. The molecule has 0 amide bonds. The topological polar surface area (TPSA) is 44.1 Å². The standard InChI is InChI=1S/C18H25ClN2O2Si/c1-5-16-17(18(22)14-6-8-15(19)9-7-14)21(12-20-16)13-23-10-11-24(2,3)4/h6-9,12H,5,10-11,13H2,1-4H3. The third-order valence-electron chi connectivity index (χ3n) is 3.80. The second-order valence-electron chi connectivity index (χ2n) is 7.05. The summed E-state index contributed by atoms with van der Waals surface area (Å²) in [5.41, 5.74) is 2.01. The van der Waals surface area contributed by atoms with Crippen LogP contribution < -0.4 is 0 Å². The zero-order chi connectivity index (χ0) is 17.7. The lowest BCUT2D eigenvalue weighted by atomic mass is 10.1. The van der Waals surface area contributed by atoms with Crippen molar-refractivity contribution in [2.75, 3.05) is 6.61 Å². The molecule has 2 rings (SSSR count). The molecule has 0 spiro atoms. The average Bonchev–Trinajstić information content (AvgIpc) is 2.93. The van der Waals surface area contributed by atoms with Crippen LogP contribution >= 0.6 is 11.6 Å². The van der Waals surface area contributed by atoms with E-state index in [0.29, 0.717) is 36.0 Å². The van der Waals surface area contributed by atoms with E-state index < -0.39 is 8.07 Å². The van der Waals surface area contributed by atoms with Gasteiger partial charge in [0.25, 0.3) is 0 Å². The van der Waals surface area contributed by atoms with E-state index in [-0.39, 0.29) is 5.78 Å².